The summed E-state index contributed by atoms with van der Waals surface area (Å²) in [5, 5.41) is 7.00. The predicted molar refractivity (Wildman–Crippen MR) is 162 cm³/mol. The molecular formula is C32H59NO. The average Bonchev–Trinajstić information content (AvgIpc) is 2.90. The SMILES string of the molecule is C=C/C=C(/C)CCCN=C=C(C/C=C\C)c1ccccc1.CC.CC.CCC.CCCC.CO. The van der Waals surface area contributed by atoms with Crippen molar-refractivity contribution in [2.75, 3.05) is 13.7 Å². The lowest BCUT2D eigenvalue weighted by atomic mass is 10.0. The van der Waals surface area contributed by atoms with Gasteiger partial charge in [-0.3, -0.25) is 0 Å². The first kappa shape index (κ1) is 42.0. The summed E-state index contributed by atoms with van der Waals surface area (Å²) in [7, 11) is 1.00. The number of allylic oxidation sites excluding steroid dienone is 6. The Bertz CT molecular complexity index is 589. The number of benzene rings is 1. The molecule has 0 amide bonds. The van der Waals surface area contributed by atoms with Crippen LogP contribution in [-0.4, -0.2) is 24.6 Å². The number of hydrogen-bond donors (Lipinski definition) is 1. The van der Waals surface area contributed by atoms with E-state index in [4.69, 9.17) is 5.11 Å². The van der Waals surface area contributed by atoms with Gasteiger partial charge in [-0.25, -0.2) is 4.99 Å². The second-order valence-electron chi connectivity index (χ2n) is 6.67. The third-order valence-electron chi connectivity index (χ3n) is 3.64. The zero-order valence-electron chi connectivity index (χ0n) is 24.7. The van der Waals surface area contributed by atoms with Crippen molar-refractivity contribution in [1.29, 1.82) is 0 Å². The second kappa shape index (κ2) is 44.5. The van der Waals surface area contributed by atoms with E-state index in [1.807, 2.05) is 46.8 Å². The van der Waals surface area contributed by atoms with Gasteiger partial charge in [-0.1, -0.05) is 141 Å². The third-order valence-corrected chi connectivity index (χ3v) is 3.64. The van der Waals surface area contributed by atoms with Crippen LogP contribution in [0.3, 0.4) is 0 Å². The minimum Gasteiger partial charge on any atom is -0.400 e. The molecule has 0 saturated heterocycles. The lowest BCUT2D eigenvalue weighted by Gasteiger charge is -2.01. The first-order valence-corrected chi connectivity index (χ1v) is 13.3. The molecule has 0 heterocycles. The van der Waals surface area contributed by atoms with Gasteiger partial charge >= 0.3 is 0 Å². The monoisotopic (exact) mass is 473 g/mol. The van der Waals surface area contributed by atoms with Crippen LogP contribution in [0, 0.1) is 0 Å². The van der Waals surface area contributed by atoms with E-state index in [1.54, 1.807) is 0 Å². The standard InChI is InChI=1S/C20H25N.C4H10.C3H8.2C2H6.CH4O/c1-4-6-13-20(19-14-8-7-9-15-19)17-21-16-10-12-18(3)11-5-2;1-3-4-2;1-3-2;3*1-2/h4-9,11,14-15H,2,10,12-13,16H2,1,3H3;3-4H2,1-2H3;3H2,1-2H3;2*1-2H3;2H,1H3/b6-4-,18-11-;;;;;. The minimum absolute atomic E-state index is 0.814. The number of aliphatic hydroxyl groups excluding tert-OH is 1. The van der Waals surface area contributed by atoms with E-state index < -0.39 is 0 Å². The number of aliphatic hydroxyl groups is 1. The molecule has 2 heteroatoms. The van der Waals surface area contributed by atoms with Crippen LogP contribution in [0.15, 0.2) is 71.8 Å². The van der Waals surface area contributed by atoms with Gasteiger partial charge in [0.1, 0.15) is 0 Å². The van der Waals surface area contributed by atoms with Crippen LogP contribution in [0.4, 0.5) is 0 Å². The van der Waals surface area contributed by atoms with E-state index in [9.17, 15) is 0 Å². The number of rotatable bonds is 9. The molecule has 0 radical (unpaired) electrons. The summed E-state index contributed by atoms with van der Waals surface area (Å²) in [4.78, 5) is 4.46. The summed E-state index contributed by atoms with van der Waals surface area (Å²) in [5.74, 6) is 3.23. The molecule has 0 aliphatic carbocycles. The number of hydrogen-bond acceptors (Lipinski definition) is 2. The zero-order chi connectivity index (χ0) is 27.5. The van der Waals surface area contributed by atoms with Crippen molar-refractivity contribution in [3.8, 4) is 0 Å². The van der Waals surface area contributed by atoms with Gasteiger partial charge in [-0.05, 0) is 44.5 Å². The first-order chi connectivity index (χ1) is 16.6. The molecule has 0 spiro atoms. The quantitative estimate of drug-likeness (QED) is 0.164. The highest BCUT2D eigenvalue weighted by molar-refractivity contribution is 5.90. The van der Waals surface area contributed by atoms with Crippen LogP contribution in [-0.2, 0) is 0 Å². The third kappa shape index (κ3) is 37.2. The van der Waals surface area contributed by atoms with Crippen molar-refractivity contribution < 1.29 is 5.11 Å². The molecule has 2 nitrogen and oxygen atoms in total. The molecule has 0 bridgehead atoms. The van der Waals surface area contributed by atoms with Crippen molar-refractivity contribution in [2.45, 2.75) is 108 Å². The maximum atomic E-state index is 7.00. The van der Waals surface area contributed by atoms with Gasteiger partial charge in [0.25, 0.3) is 0 Å². The van der Waals surface area contributed by atoms with Crippen LogP contribution in [0.25, 0.3) is 5.57 Å². The fraction of sp³-hybridized carbons (Fsp3) is 0.562. The fourth-order valence-electron chi connectivity index (χ4n) is 1.98. The first-order valence-electron chi connectivity index (χ1n) is 13.3. The average molecular weight is 474 g/mol. The van der Waals surface area contributed by atoms with Gasteiger partial charge in [-0.15, -0.1) is 0 Å². The number of aliphatic imine (C=N–C) groups is 1. The van der Waals surface area contributed by atoms with Crippen molar-refractivity contribution in [3.05, 3.63) is 72.4 Å². The van der Waals surface area contributed by atoms with Gasteiger partial charge < -0.3 is 5.11 Å². The number of nitrogens with zero attached hydrogens (tertiary/aromatic N) is 1. The van der Waals surface area contributed by atoms with Gasteiger partial charge in [-0.2, -0.15) is 0 Å². The van der Waals surface area contributed by atoms with Gasteiger partial charge in [0.2, 0.25) is 0 Å². The van der Waals surface area contributed by atoms with E-state index in [0.29, 0.717) is 0 Å². The highest BCUT2D eigenvalue weighted by Gasteiger charge is 1.98. The Morgan fingerprint density at radius 1 is 0.971 bits per heavy atom. The van der Waals surface area contributed by atoms with Crippen LogP contribution in [0.1, 0.15) is 113 Å². The van der Waals surface area contributed by atoms with Crippen molar-refractivity contribution >= 4 is 11.4 Å². The predicted octanol–water partition coefficient (Wildman–Crippen LogP) is 10.5. The summed E-state index contributed by atoms with van der Waals surface area (Å²) >= 11 is 0. The Morgan fingerprint density at radius 3 is 1.88 bits per heavy atom. The molecule has 0 unspecified atom stereocenters. The Kier molecular flexibility index (Phi) is 55.0. The summed E-state index contributed by atoms with van der Waals surface area (Å²) < 4.78 is 0. The lowest BCUT2D eigenvalue weighted by molar-refractivity contribution is 0.399. The van der Waals surface area contributed by atoms with E-state index in [2.05, 4.69) is 94.6 Å². The van der Waals surface area contributed by atoms with E-state index in [1.165, 1.54) is 30.4 Å². The molecule has 0 atom stereocenters. The maximum absolute atomic E-state index is 7.00. The van der Waals surface area contributed by atoms with Crippen LogP contribution >= 0.6 is 0 Å². The summed E-state index contributed by atoms with van der Waals surface area (Å²) in [6.45, 7) is 25.3. The molecule has 1 aromatic rings. The number of unbranched alkanes of at least 4 members (excludes halogenated alkanes) is 1. The molecule has 1 rings (SSSR count). The summed E-state index contributed by atoms with van der Waals surface area (Å²) in [5.41, 5.74) is 3.69. The smallest absolute Gasteiger partial charge is 0.0487 e. The maximum Gasteiger partial charge on any atom is 0.0487 e. The molecule has 0 aliphatic rings. The Morgan fingerprint density at radius 2 is 1.47 bits per heavy atom. The van der Waals surface area contributed by atoms with Gasteiger partial charge in [0, 0.05) is 19.2 Å². The molecule has 0 aliphatic heterocycles. The van der Waals surface area contributed by atoms with Crippen LogP contribution in [0.5, 0.6) is 0 Å². The summed E-state index contributed by atoms with van der Waals surface area (Å²) in [6.07, 6.45) is 15.0. The second-order valence-corrected chi connectivity index (χ2v) is 6.67. The molecule has 1 N–H and O–H groups in total. The molecule has 0 saturated carbocycles. The van der Waals surface area contributed by atoms with Gasteiger partial charge in [0.15, 0.2) is 0 Å². The van der Waals surface area contributed by atoms with Crippen LogP contribution in [0.2, 0.25) is 0 Å². The summed E-state index contributed by atoms with van der Waals surface area (Å²) in [6, 6.07) is 10.4. The largest absolute Gasteiger partial charge is 0.400 e. The minimum atomic E-state index is 0.814. The van der Waals surface area contributed by atoms with Crippen molar-refractivity contribution in [3.63, 3.8) is 0 Å². The Hall–Kier alpha value is -2.15. The molecule has 0 fully saturated rings. The van der Waals surface area contributed by atoms with Crippen LogP contribution < -0.4 is 0 Å². The highest BCUT2D eigenvalue weighted by Crippen LogP contribution is 2.15. The molecule has 34 heavy (non-hydrogen) atoms. The highest BCUT2D eigenvalue weighted by atomic mass is 16.2. The molecule has 198 valence electrons. The van der Waals surface area contributed by atoms with E-state index in [0.717, 1.165) is 38.5 Å². The molecule has 0 aromatic heterocycles. The fourth-order valence-corrected chi connectivity index (χ4v) is 1.98. The van der Waals surface area contributed by atoms with E-state index >= 15 is 0 Å². The Balaban J connectivity index is -0.000000181. The van der Waals surface area contributed by atoms with Crippen molar-refractivity contribution in [1.82, 2.24) is 0 Å². The van der Waals surface area contributed by atoms with Gasteiger partial charge in [0.05, 0.1) is 0 Å². The topological polar surface area (TPSA) is 32.6 Å². The zero-order valence-corrected chi connectivity index (χ0v) is 24.7. The normalized spacial score (nSPS) is 8.88. The van der Waals surface area contributed by atoms with Crippen molar-refractivity contribution in [2.24, 2.45) is 4.99 Å². The molecular weight excluding hydrogens is 414 g/mol. The molecule has 1 aromatic carbocycles. The Labute approximate surface area is 215 Å². The lowest BCUT2D eigenvalue weighted by Crippen LogP contribution is -1.86. The van der Waals surface area contributed by atoms with E-state index in [-0.39, 0.29) is 0 Å².